The molecule has 2 rings (SSSR count). The van der Waals surface area contributed by atoms with E-state index >= 15 is 0 Å². The highest BCUT2D eigenvalue weighted by molar-refractivity contribution is 6.80. The maximum atomic E-state index is 6.35. The Labute approximate surface area is 136 Å². The van der Waals surface area contributed by atoms with Crippen molar-refractivity contribution < 1.29 is 4.43 Å². The monoisotopic (exact) mass is 312 g/mol. The summed E-state index contributed by atoms with van der Waals surface area (Å²) in [7, 11) is -1.15. The largest absolute Gasteiger partial charge is 0.406 e. The average molecular weight is 313 g/mol. The van der Waals surface area contributed by atoms with E-state index in [1.54, 1.807) is 0 Å². The van der Waals surface area contributed by atoms with E-state index < -0.39 is 9.04 Å². The Bertz CT molecular complexity index is 537. The molecule has 22 heavy (non-hydrogen) atoms. The topological polar surface area (TPSA) is 12.5 Å². The van der Waals surface area contributed by atoms with Crippen LogP contribution in [0.25, 0.3) is 0 Å². The SMILES string of the molecule is CCN(CC)CCO[Si](c1ccccc1)c1ccc(C)cc1. The molecule has 0 saturated carbocycles. The zero-order valence-electron chi connectivity index (χ0n) is 13.9. The van der Waals surface area contributed by atoms with Crippen LogP contribution >= 0.6 is 0 Å². The molecular formula is C19H26NOSi. The summed E-state index contributed by atoms with van der Waals surface area (Å²) >= 11 is 0. The van der Waals surface area contributed by atoms with E-state index in [4.69, 9.17) is 4.43 Å². The quantitative estimate of drug-likeness (QED) is 0.694. The number of rotatable bonds is 8. The highest BCUT2D eigenvalue weighted by Gasteiger charge is 2.19. The summed E-state index contributed by atoms with van der Waals surface area (Å²) in [5.74, 6) is 0. The van der Waals surface area contributed by atoms with Crippen LogP contribution in [0.4, 0.5) is 0 Å². The molecule has 0 spiro atoms. The first kappa shape index (κ1) is 16.9. The Morgan fingerprint density at radius 3 is 2.05 bits per heavy atom. The van der Waals surface area contributed by atoms with Gasteiger partial charge in [-0.1, -0.05) is 74.0 Å². The molecule has 0 unspecified atom stereocenters. The van der Waals surface area contributed by atoms with Gasteiger partial charge < -0.3 is 9.33 Å². The Balaban J connectivity index is 2.10. The third-order valence-electron chi connectivity index (χ3n) is 3.90. The number of nitrogens with zero attached hydrogens (tertiary/aromatic N) is 1. The maximum Gasteiger partial charge on any atom is 0.282 e. The van der Waals surface area contributed by atoms with Crippen molar-refractivity contribution >= 4 is 19.4 Å². The van der Waals surface area contributed by atoms with Gasteiger partial charge in [-0.2, -0.15) is 0 Å². The van der Waals surface area contributed by atoms with Gasteiger partial charge >= 0.3 is 0 Å². The molecule has 0 aromatic heterocycles. The number of hydrogen-bond donors (Lipinski definition) is 0. The first-order valence-corrected chi connectivity index (χ1v) is 9.50. The van der Waals surface area contributed by atoms with Gasteiger partial charge in [0.05, 0.1) is 0 Å². The number of hydrogen-bond acceptors (Lipinski definition) is 2. The molecule has 2 aromatic rings. The molecule has 0 heterocycles. The second kappa shape index (κ2) is 8.88. The van der Waals surface area contributed by atoms with Gasteiger partial charge in [-0.25, -0.2) is 0 Å². The molecule has 117 valence electrons. The zero-order valence-corrected chi connectivity index (χ0v) is 14.9. The summed E-state index contributed by atoms with van der Waals surface area (Å²) in [6.07, 6.45) is 0. The van der Waals surface area contributed by atoms with E-state index in [-0.39, 0.29) is 0 Å². The third kappa shape index (κ3) is 4.80. The fourth-order valence-electron chi connectivity index (χ4n) is 2.44. The lowest BCUT2D eigenvalue weighted by Gasteiger charge is -2.21. The first-order valence-electron chi connectivity index (χ1n) is 8.09. The lowest BCUT2D eigenvalue weighted by Crippen LogP contribution is -2.46. The van der Waals surface area contributed by atoms with E-state index in [0.29, 0.717) is 0 Å². The Hall–Kier alpha value is -1.42. The van der Waals surface area contributed by atoms with E-state index in [1.807, 2.05) is 0 Å². The Morgan fingerprint density at radius 2 is 1.45 bits per heavy atom. The van der Waals surface area contributed by atoms with Crippen LogP contribution in [-0.2, 0) is 4.43 Å². The summed E-state index contributed by atoms with van der Waals surface area (Å²) in [6.45, 7) is 10.5. The van der Waals surface area contributed by atoms with Crippen molar-refractivity contribution in [3.63, 3.8) is 0 Å². The summed E-state index contributed by atoms with van der Waals surface area (Å²) in [5.41, 5.74) is 1.29. The third-order valence-corrected chi connectivity index (χ3v) is 6.11. The molecular weight excluding hydrogens is 286 g/mol. The summed E-state index contributed by atoms with van der Waals surface area (Å²) in [6, 6.07) is 19.4. The van der Waals surface area contributed by atoms with Gasteiger partial charge in [-0.3, -0.25) is 0 Å². The Kier molecular flexibility index (Phi) is 6.84. The molecule has 2 nitrogen and oxygen atoms in total. The van der Waals surface area contributed by atoms with Crippen LogP contribution in [0, 0.1) is 6.92 Å². The van der Waals surface area contributed by atoms with Crippen LogP contribution in [0.3, 0.4) is 0 Å². The molecule has 1 radical (unpaired) electrons. The van der Waals surface area contributed by atoms with E-state index in [2.05, 4.69) is 80.3 Å². The van der Waals surface area contributed by atoms with Gasteiger partial charge in [0.2, 0.25) is 0 Å². The molecule has 3 heteroatoms. The van der Waals surface area contributed by atoms with Gasteiger partial charge in [0, 0.05) is 13.2 Å². The van der Waals surface area contributed by atoms with E-state index in [9.17, 15) is 0 Å². The van der Waals surface area contributed by atoms with Crippen LogP contribution in [0.5, 0.6) is 0 Å². The second-order valence-corrected chi connectivity index (χ2v) is 7.54. The van der Waals surface area contributed by atoms with Crippen molar-refractivity contribution in [2.45, 2.75) is 20.8 Å². The number of likely N-dealkylation sites (N-methyl/N-ethyl adjacent to an activating group) is 1. The molecule has 2 aromatic carbocycles. The summed E-state index contributed by atoms with van der Waals surface area (Å²) in [5, 5.41) is 2.64. The number of aryl methyl sites for hydroxylation is 1. The van der Waals surface area contributed by atoms with Gasteiger partial charge in [-0.05, 0) is 30.4 Å². The molecule has 0 fully saturated rings. The lowest BCUT2D eigenvalue weighted by molar-refractivity contribution is 0.227. The molecule has 0 aliphatic carbocycles. The normalized spacial score (nSPS) is 11.3. The minimum atomic E-state index is -1.15. The minimum Gasteiger partial charge on any atom is -0.406 e. The number of benzene rings is 2. The van der Waals surface area contributed by atoms with Crippen molar-refractivity contribution in [3.8, 4) is 0 Å². The lowest BCUT2D eigenvalue weighted by atomic mass is 10.2. The van der Waals surface area contributed by atoms with Crippen molar-refractivity contribution in [2.24, 2.45) is 0 Å². The maximum absolute atomic E-state index is 6.35. The van der Waals surface area contributed by atoms with Gasteiger partial charge in [0.1, 0.15) is 0 Å². The first-order chi connectivity index (χ1) is 10.7. The van der Waals surface area contributed by atoms with Crippen molar-refractivity contribution in [3.05, 3.63) is 60.2 Å². The van der Waals surface area contributed by atoms with Crippen LogP contribution < -0.4 is 10.4 Å². The molecule has 0 atom stereocenters. The summed E-state index contributed by atoms with van der Waals surface area (Å²) in [4.78, 5) is 2.40. The molecule has 0 N–H and O–H groups in total. The van der Waals surface area contributed by atoms with Gasteiger partial charge in [0.25, 0.3) is 9.04 Å². The van der Waals surface area contributed by atoms with Gasteiger partial charge in [0.15, 0.2) is 0 Å². The summed E-state index contributed by atoms with van der Waals surface area (Å²) < 4.78 is 6.35. The van der Waals surface area contributed by atoms with Crippen molar-refractivity contribution in [1.29, 1.82) is 0 Å². The second-order valence-electron chi connectivity index (χ2n) is 5.44. The molecule has 0 saturated heterocycles. The fourth-order valence-corrected chi connectivity index (χ4v) is 4.37. The minimum absolute atomic E-state index is 0.790. The van der Waals surface area contributed by atoms with E-state index in [0.717, 1.165) is 26.2 Å². The highest BCUT2D eigenvalue weighted by Crippen LogP contribution is 1.99. The van der Waals surface area contributed by atoms with Crippen LogP contribution in [0.15, 0.2) is 54.6 Å². The molecule has 0 aliphatic rings. The molecule has 0 amide bonds. The standard InChI is InChI=1S/C19H26NOSi/c1-4-20(5-2)15-16-21-22(18-9-7-6-8-10-18)19-13-11-17(3)12-14-19/h6-14H,4-5,15-16H2,1-3H3. The van der Waals surface area contributed by atoms with Gasteiger partial charge in [-0.15, -0.1) is 0 Å². The van der Waals surface area contributed by atoms with Crippen molar-refractivity contribution in [1.82, 2.24) is 4.90 Å². The smallest absolute Gasteiger partial charge is 0.282 e. The van der Waals surface area contributed by atoms with E-state index in [1.165, 1.54) is 15.9 Å². The van der Waals surface area contributed by atoms with Crippen LogP contribution in [0.2, 0.25) is 0 Å². The zero-order chi connectivity index (χ0) is 15.8. The fraction of sp³-hybridized carbons (Fsp3) is 0.368. The average Bonchev–Trinajstić information content (AvgIpc) is 2.57. The predicted molar refractivity (Wildman–Crippen MR) is 96.4 cm³/mol. The van der Waals surface area contributed by atoms with Crippen molar-refractivity contribution in [2.75, 3.05) is 26.2 Å². The highest BCUT2D eigenvalue weighted by atomic mass is 28.3. The predicted octanol–water partition coefficient (Wildman–Crippen LogP) is 2.46. The molecule has 0 aliphatic heterocycles. The molecule has 0 bridgehead atoms. The van der Waals surface area contributed by atoms with Crippen LogP contribution in [-0.4, -0.2) is 40.2 Å². The van der Waals surface area contributed by atoms with Crippen LogP contribution in [0.1, 0.15) is 19.4 Å². The Morgan fingerprint density at radius 1 is 0.864 bits per heavy atom.